The molecule has 0 aromatic carbocycles. The van der Waals surface area contributed by atoms with Crippen molar-refractivity contribution in [2.75, 3.05) is 0 Å². The van der Waals surface area contributed by atoms with E-state index in [0.29, 0.717) is 0 Å². The smallest absolute Gasteiger partial charge is 0.267 e. The van der Waals surface area contributed by atoms with Gasteiger partial charge in [-0.1, -0.05) is 17.8 Å². The topological polar surface area (TPSA) is 41.8 Å². The van der Waals surface area contributed by atoms with Gasteiger partial charge in [-0.25, -0.2) is 4.99 Å². The summed E-state index contributed by atoms with van der Waals surface area (Å²) in [4.78, 5) is 19.3. The maximum Gasteiger partial charge on any atom is 0.267 e. The van der Waals surface area contributed by atoms with Crippen molar-refractivity contribution < 1.29 is 4.79 Å². The highest BCUT2D eigenvalue weighted by Gasteiger charge is 2.41. The van der Waals surface area contributed by atoms with Crippen molar-refractivity contribution >= 4 is 29.4 Å². The molecular weight excluding hydrogens is 208 g/mol. The number of allylic oxidation sites excluding steroid dienone is 2. The van der Waals surface area contributed by atoms with E-state index in [9.17, 15) is 4.79 Å². The van der Waals surface area contributed by atoms with Crippen LogP contribution in [0.4, 0.5) is 0 Å². The Hall–Kier alpha value is -1.16. The number of hydrogen-bond donors (Lipinski definition) is 0. The van der Waals surface area contributed by atoms with Gasteiger partial charge in [0.25, 0.3) is 5.91 Å². The molecule has 0 bridgehead atoms. The first-order valence-corrected chi connectivity index (χ1v) is 5.44. The Bertz CT molecular complexity index is 382. The molecule has 1 unspecified atom stereocenters. The van der Waals surface area contributed by atoms with Crippen LogP contribution in [0, 0.1) is 0 Å². The van der Waals surface area contributed by atoms with Crippen LogP contribution in [0.15, 0.2) is 33.9 Å². The molecule has 1 aliphatic heterocycles. The lowest BCUT2D eigenvalue weighted by Gasteiger charge is -2.20. The summed E-state index contributed by atoms with van der Waals surface area (Å²) in [6.45, 7) is 8.99. The fraction of sp³-hybridized carbons (Fsp3) is 0.364. The van der Waals surface area contributed by atoms with E-state index in [1.807, 2.05) is 26.8 Å². The number of carbonyl (C=O) groups excluding carboxylic acids is 1. The quantitative estimate of drug-likeness (QED) is 0.544. The van der Waals surface area contributed by atoms with E-state index in [-0.39, 0.29) is 5.91 Å². The van der Waals surface area contributed by atoms with Crippen molar-refractivity contribution in [1.29, 1.82) is 0 Å². The Morgan fingerprint density at radius 1 is 1.67 bits per heavy atom. The third kappa shape index (κ3) is 2.26. The van der Waals surface area contributed by atoms with Gasteiger partial charge < -0.3 is 0 Å². The summed E-state index contributed by atoms with van der Waals surface area (Å²) in [6.07, 6.45) is 5.29. The van der Waals surface area contributed by atoms with E-state index in [0.717, 1.165) is 10.6 Å². The summed E-state index contributed by atoms with van der Waals surface area (Å²) in [7, 11) is 0. The zero-order valence-corrected chi connectivity index (χ0v) is 9.97. The summed E-state index contributed by atoms with van der Waals surface area (Å²) < 4.78 is -0.597. The van der Waals surface area contributed by atoms with Gasteiger partial charge >= 0.3 is 0 Å². The molecule has 1 amide bonds. The minimum absolute atomic E-state index is 0.105. The molecule has 0 saturated heterocycles. The molecule has 3 nitrogen and oxygen atoms in total. The van der Waals surface area contributed by atoms with E-state index in [4.69, 9.17) is 0 Å². The van der Waals surface area contributed by atoms with Crippen LogP contribution in [-0.2, 0) is 4.79 Å². The summed E-state index contributed by atoms with van der Waals surface area (Å²) in [5.74, 6) is -0.105. The van der Waals surface area contributed by atoms with Crippen molar-refractivity contribution in [1.82, 2.24) is 0 Å². The number of thioether (sulfide) groups is 1. The van der Waals surface area contributed by atoms with E-state index in [2.05, 4.69) is 16.7 Å². The molecule has 4 heteroatoms. The van der Waals surface area contributed by atoms with Crippen LogP contribution in [0.1, 0.15) is 20.8 Å². The van der Waals surface area contributed by atoms with Gasteiger partial charge in [-0.3, -0.25) is 9.79 Å². The second-order valence-corrected chi connectivity index (χ2v) is 4.93. The van der Waals surface area contributed by atoms with Crippen LogP contribution >= 0.6 is 11.8 Å². The molecule has 0 aromatic rings. The molecule has 0 saturated carbocycles. The van der Waals surface area contributed by atoms with E-state index >= 15 is 0 Å². The average Bonchev–Trinajstić information content (AvgIpc) is 2.42. The highest BCUT2D eigenvalue weighted by Crippen LogP contribution is 2.40. The standard InChI is InChI=1S/C11H14N2OS/c1-5-9(6-7-12-4)11(3)10(14)13-8(2)15-11/h5-7H,4H2,1-3H3/b7-6-,9-5+. The molecule has 0 fully saturated rings. The number of rotatable bonds is 3. The summed E-state index contributed by atoms with van der Waals surface area (Å²) in [6, 6.07) is 0. The molecule has 1 rings (SSSR count). The lowest BCUT2D eigenvalue weighted by Crippen LogP contribution is -2.28. The molecular formula is C11H14N2OS. The molecule has 1 atom stereocenters. The first kappa shape index (κ1) is 11.9. The van der Waals surface area contributed by atoms with Crippen LogP contribution in [0.25, 0.3) is 0 Å². The van der Waals surface area contributed by atoms with Gasteiger partial charge in [-0.15, -0.1) is 0 Å². The third-order valence-corrected chi connectivity index (χ3v) is 3.45. The first-order valence-electron chi connectivity index (χ1n) is 4.62. The Kier molecular flexibility index (Phi) is 3.63. The number of aliphatic imine (C=N–C) groups is 2. The SMILES string of the molecule is C=N/C=C\C(=C/C)C1(C)SC(C)=NC1=O. The lowest BCUT2D eigenvalue weighted by molar-refractivity contribution is -0.118. The molecule has 1 heterocycles. The minimum atomic E-state index is -0.597. The molecule has 0 radical (unpaired) electrons. The molecule has 80 valence electrons. The Morgan fingerprint density at radius 2 is 2.33 bits per heavy atom. The van der Waals surface area contributed by atoms with Gasteiger partial charge in [0.05, 0.1) is 5.04 Å². The molecule has 0 aliphatic carbocycles. The first-order chi connectivity index (χ1) is 7.04. The van der Waals surface area contributed by atoms with E-state index in [1.165, 1.54) is 11.8 Å². The largest absolute Gasteiger partial charge is 0.273 e. The van der Waals surface area contributed by atoms with Gasteiger partial charge in [0, 0.05) is 6.20 Å². The average molecular weight is 222 g/mol. The normalized spacial score (nSPS) is 27.3. The van der Waals surface area contributed by atoms with Crippen molar-refractivity contribution in [3.05, 3.63) is 23.9 Å². The van der Waals surface area contributed by atoms with Crippen LogP contribution < -0.4 is 0 Å². The number of nitrogens with zero attached hydrogens (tertiary/aromatic N) is 2. The molecule has 0 N–H and O–H groups in total. The maximum absolute atomic E-state index is 11.7. The van der Waals surface area contributed by atoms with Gasteiger partial charge in [0.1, 0.15) is 4.75 Å². The molecule has 1 aliphatic rings. The number of carbonyl (C=O) groups is 1. The van der Waals surface area contributed by atoms with Gasteiger partial charge in [0.2, 0.25) is 0 Å². The molecule has 0 spiro atoms. The maximum atomic E-state index is 11.7. The summed E-state index contributed by atoms with van der Waals surface area (Å²) in [5, 5.41) is 0.807. The van der Waals surface area contributed by atoms with Crippen LogP contribution in [-0.4, -0.2) is 22.4 Å². The van der Waals surface area contributed by atoms with Crippen LogP contribution in [0.3, 0.4) is 0 Å². The Labute approximate surface area is 94.1 Å². The zero-order chi connectivity index (χ0) is 11.5. The number of amides is 1. The summed E-state index contributed by atoms with van der Waals surface area (Å²) >= 11 is 1.48. The Balaban J connectivity index is 3.01. The van der Waals surface area contributed by atoms with Gasteiger partial charge in [0.15, 0.2) is 0 Å². The molecule has 15 heavy (non-hydrogen) atoms. The summed E-state index contributed by atoms with van der Waals surface area (Å²) in [5.41, 5.74) is 0.908. The predicted molar refractivity (Wildman–Crippen MR) is 66.6 cm³/mol. The highest BCUT2D eigenvalue weighted by molar-refractivity contribution is 8.16. The minimum Gasteiger partial charge on any atom is -0.273 e. The second kappa shape index (κ2) is 4.57. The highest BCUT2D eigenvalue weighted by atomic mass is 32.2. The predicted octanol–water partition coefficient (Wildman–Crippen LogP) is 2.60. The molecule has 0 aromatic heterocycles. The third-order valence-electron chi connectivity index (χ3n) is 2.24. The van der Waals surface area contributed by atoms with Crippen molar-refractivity contribution in [3.8, 4) is 0 Å². The van der Waals surface area contributed by atoms with Gasteiger partial charge in [-0.2, -0.15) is 0 Å². The van der Waals surface area contributed by atoms with E-state index in [1.54, 1.807) is 12.3 Å². The van der Waals surface area contributed by atoms with E-state index < -0.39 is 4.75 Å². The lowest BCUT2D eigenvalue weighted by atomic mass is 9.99. The van der Waals surface area contributed by atoms with Gasteiger partial charge in [-0.05, 0) is 39.1 Å². The zero-order valence-electron chi connectivity index (χ0n) is 9.15. The Morgan fingerprint density at radius 3 is 2.73 bits per heavy atom. The van der Waals surface area contributed by atoms with Crippen molar-refractivity contribution in [2.24, 2.45) is 9.98 Å². The monoisotopic (exact) mass is 222 g/mol. The van der Waals surface area contributed by atoms with Crippen LogP contribution in [0.5, 0.6) is 0 Å². The van der Waals surface area contributed by atoms with Crippen molar-refractivity contribution in [2.45, 2.75) is 25.5 Å². The fourth-order valence-electron chi connectivity index (χ4n) is 1.46. The van der Waals surface area contributed by atoms with Crippen molar-refractivity contribution in [3.63, 3.8) is 0 Å². The number of hydrogen-bond acceptors (Lipinski definition) is 3. The fourth-order valence-corrected chi connectivity index (χ4v) is 2.61. The van der Waals surface area contributed by atoms with Crippen LogP contribution in [0.2, 0.25) is 0 Å². The second-order valence-electron chi connectivity index (χ2n) is 3.31.